The smallest absolute Gasteiger partial charge is 0.0290 e. The lowest BCUT2D eigenvalue weighted by Gasteiger charge is -2.31. The molecular formula is C14H28N2. The van der Waals surface area contributed by atoms with Crippen LogP contribution in [0.3, 0.4) is 0 Å². The lowest BCUT2D eigenvalue weighted by molar-refractivity contribution is 0.249. The van der Waals surface area contributed by atoms with Gasteiger partial charge in [-0.1, -0.05) is 33.4 Å². The lowest BCUT2D eigenvalue weighted by Crippen LogP contribution is -2.31. The van der Waals surface area contributed by atoms with Gasteiger partial charge in [0, 0.05) is 25.3 Å². The molecule has 0 rings (SSSR count). The van der Waals surface area contributed by atoms with Crippen molar-refractivity contribution < 1.29 is 0 Å². The van der Waals surface area contributed by atoms with E-state index in [4.69, 9.17) is 0 Å². The van der Waals surface area contributed by atoms with Crippen LogP contribution in [0.1, 0.15) is 27.7 Å². The van der Waals surface area contributed by atoms with Crippen LogP contribution < -0.4 is 0 Å². The van der Waals surface area contributed by atoms with Crippen LogP contribution in [0.15, 0.2) is 24.4 Å². The Balaban J connectivity index is 4.27. The third-order valence-corrected chi connectivity index (χ3v) is 2.23. The maximum absolute atomic E-state index is 4.13. The Morgan fingerprint density at radius 1 is 1.25 bits per heavy atom. The Labute approximate surface area is 102 Å². The molecule has 0 radical (unpaired) electrons. The summed E-state index contributed by atoms with van der Waals surface area (Å²) < 4.78 is 0. The fourth-order valence-electron chi connectivity index (χ4n) is 1.49. The lowest BCUT2D eigenvalue weighted by atomic mass is 9.96. The molecule has 16 heavy (non-hydrogen) atoms. The van der Waals surface area contributed by atoms with Crippen molar-refractivity contribution in [1.82, 2.24) is 9.80 Å². The molecule has 0 atom stereocenters. The number of allylic oxidation sites excluding steroid dienone is 1. The summed E-state index contributed by atoms with van der Waals surface area (Å²) in [6, 6.07) is 0. The molecule has 0 unspecified atom stereocenters. The van der Waals surface area contributed by atoms with Gasteiger partial charge in [-0.25, -0.2) is 0 Å². The fraction of sp³-hybridized carbons (Fsp3) is 0.714. The van der Waals surface area contributed by atoms with E-state index < -0.39 is 0 Å². The molecule has 0 N–H and O–H groups in total. The van der Waals surface area contributed by atoms with Crippen LogP contribution in [0.5, 0.6) is 0 Å². The third kappa shape index (κ3) is 7.52. The zero-order chi connectivity index (χ0) is 12.8. The van der Waals surface area contributed by atoms with Crippen LogP contribution in [-0.4, -0.2) is 43.5 Å². The summed E-state index contributed by atoms with van der Waals surface area (Å²) >= 11 is 0. The standard InChI is InChI=1S/C14H28N2/c1-8-16(12-14(3,4)5)13(2)10-9-11-15(6)7/h9-10H,2,8,11-12H2,1,3-7H3/b10-9+. The first-order valence-corrected chi connectivity index (χ1v) is 6.01. The second-order valence-electron chi connectivity index (χ2n) is 5.73. The van der Waals surface area contributed by atoms with E-state index in [1.807, 2.05) is 0 Å². The molecule has 0 aromatic heterocycles. The molecule has 0 amide bonds. The van der Waals surface area contributed by atoms with E-state index in [9.17, 15) is 0 Å². The zero-order valence-electron chi connectivity index (χ0n) is 11.9. The highest BCUT2D eigenvalue weighted by Gasteiger charge is 2.15. The minimum Gasteiger partial charge on any atom is -0.372 e. The van der Waals surface area contributed by atoms with E-state index in [0.717, 1.165) is 25.3 Å². The molecule has 0 fully saturated rings. The van der Waals surface area contributed by atoms with Crippen LogP contribution in [0.4, 0.5) is 0 Å². The second-order valence-corrected chi connectivity index (χ2v) is 5.73. The number of nitrogens with zero attached hydrogens (tertiary/aromatic N) is 2. The topological polar surface area (TPSA) is 6.48 Å². The Morgan fingerprint density at radius 2 is 1.81 bits per heavy atom. The molecule has 0 aliphatic heterocycles. The molecule has 2 nitrogen and oxygen atoms in total. The molecule has 2 heteroatoms. The molecule has 0 aromatic rings. The predicted octanol–water partition coefficient (Wildman–Crippen LogP) is 2.99. The van der Waals surface area contributed by atoms with Gasteiger partial charge in [0.2, 0.25) is 0 Å². The van der Waals surface area contributed by atoms with E-state index in [0.29, 0.717) is 5.41 Å². The average Bonchev–Trinajstić information content (AvgIpc) is 2.11. The Hall–Kier alpha value is -0.760. The fourth-order valence-corrected chi connectivity index (χ4v) is 1.49. The van der Waals surface area contributed by atoms with Crippen molar-refractivity contribution in [2.75, 3.05) is 33.7 Å². The monoisotopic (exact) mass is 224 g/mol. The second kappa shape index (κ2) is 6.74. The van der Waals surface area contributed by atoms with E-state index in [1.165, 1.54) is 0 Å². The van der Waals surface area contributed by atoms with Crippen molar-refractivity contribution in [1.29, 1.82) is 0 Å². The number of hydrogen-bond acceptors (Lipinski definition) is 2. The summed E-state index contributed by atoms with van der Waals surface area (Å²) in [4.78, 5) is 4.47. The van der Waals surface area contributed by atoms with Gasteiger partial charge < -0.3 is 9.80 Å². The van der Waals surface area contributed by atoms with Gasteiger partial charge >= 0.3 is 0 Å². The largest absolute Gasteiger partial charge is 0.372 e. The van der Waals surface area contributed by atoms with Gasteiger partial charge in [-0.3, -0.25) is 0 Å². The van der Waals surface area contributed by atoms with Gasteiger partial charge in [-0.15, -0.1) is 0 Å². The van der Waals surface area contributed by atoms with Crippen LogP contribution in [0.25, 0.3) is 0 Å². The summed E-state index contributed by atoms with van der Waals surface area (Å²) in [6.45, 7) is 16.1. The molecule has 0 saturated heterocycles. The van der Waals surface area contributed by atoms with Crippen molar-refractivity contribution in [3.63, 3.8) is 0 Å². The number of rotatable bonds is 6. The molecule has 0 spiro atoms. The SMILES string of the molecule is C=C(/C=C/CN(C)C)N(CC)CC(C)(C)C. The Morgan fingerprint density at radius 3 is 2.19 bits per heavy atom. The van der Waals surface area contributed by atoms with Crippen LogP contribution in [0.2, 0.25) is 0 Å². The molecule has 0 aromatic carbocycles. The Kier molecular flexibility index (Phi) is 6.42. The maximum atomic E-state index is 4.13. The molecule has 0 aliphatic rings. The van der Waals surface area contributed by atoms with Gasteiger partial charge in [0.1, 0.15) is 0 Å². The van der Waals surface area contributed by atoms with Gasteiger partial charge in [-0.2, -0.15) is 0 Å². The summed E-state index contributed by atoms with van der Waals surface area (Å²) in [5, 5.41) is 0. The van der Waals surface area contributed by atoms with E-state index >= 15 is 0 Å². The summed E-state index contributed by atoms with van der Waals surface area (Å²) in [5.74, 6) is 0. The van der Waals surface area contributed by atoms with Gasteiger partial charge in [0.05, 0.1) is 0 Å². The highest BCUT2D eigenvalue weighted by molar-refractivity contribution is 5.14. The van der Waals surface area contributed by atoms with Crippen molar-refractivity contribution in [3.05, 3.63) is 24.4 Å². The molecule has 0 heterocycles. The predicted molar refractivity (Wildman–Crippen MR) is 73.5 cm³/mol. The highest BCUT2D eigenvalue weighted by Crippen LogP contribution is 2.17. The van der Waals surface area contributed by atoms with E-state index in [-0.39, 0.29) is 0 Å². The zero-order valence-corrected chi connectivity index (χ0v) is 11.9. The van der Waals surface area contributed by atoms with Gasteiger partial charge in [-0.05, 0) is 32.5 Å². The minimum atomic E-state index is 0.314. The molecule has 94 valence electrons. The van der Waals surface area contributed by atoms with E-state index in [1.54, 1.807) is 0 Å². The van der Waals surface area contributed by atoms with Gasteiger partial charge in [0.25, 0.3) is 0 Å². The summed E-state index contributed by atoms with van der Waals surface area (Å²) in [6.07, 6.45) is 4.28. The van der Waals surface area contributed by atoms with Crippen molar-refractivity contribution in [2.24, 2.45) is 5.41 Å². The summed E-state index contributed by atoms with van der Waals surface area (Å²) in [5.41, 5.74) is 1.42. The van der Waals surface area contributed by atoms with Gasteiger partial charge in [0.15, 0.2) is 0 Å². The van der Waals surface area contributed by atoms with Crippen molar-refractivity contribution >= 4 is 0 Å². The normalized spacial score (nSPS) is 12.4. The minimum absolute atomic E-state index is 0.314. The quantitative estimate of drug-likeness (QED) is 0.640. The van der Waals surface area contributed by atoms with Crippen LogP contribution in [0, 0.1) is 5.41 Å². The number of likely N-dealkylation sites (N-methyl/N-ethyl adjacent to an activating group) is 2. The summed E-state index contributed by atoms with van der Waals surface area (Å²) in [7, 11) is 4.14. The maximum Gasteiger partial charge on any atom is 0.0290 e. The first-order valence-electron chi connectivity index (χ1n) is 6.01. The molecule has 0 aliphatic carbocycles. The van der Waals surface area contributed by atoms with Crippen LogP contribution >= 0.6 is 0 Å². The average molecular weight is 224 g/mol. The van der Waals surface area contributed by atoms with Crippen molar-refractivity contribution in [2.45, 2.75) is 27.7 Å². The molecule has 0 saturated carbocycles. The first-order chi connectivity index (χ1) is 7.26. The molecular weight excluding hydrogens is 196 g/mol. The highest BCUT2D eigenvalue weighted by atomic mass is 15.1. The first kappa shape index (κ1) is 15.2. The van der Waals surface area contributed by atoms with Crippen LogP contribution in [-0.2, 0) is 0 Å². The third-order valence-electron chi connectivity index (χ3n) is 2.23. The van der Waals surface area contributed by atoms with E-state index in [2.05, 4.69) is 70.3 Å². The Bertz CT molecular complexity index is 234. The number of hydrogen-bond donors (Lipinski definition) is 0. The van der Waals surface area contributed by atoms with Crippen molar-refractivity contribution in [3.8, 4) is 0 Å². The molecule has 0 bridgehead atoms.